The molecule has 0 bridgehead atoms. The van der Waals surface area contributed by atoms with Crippen LogP contribution in [-0.2, 0) is 0 Å². The minimum Gasteiger partial charge on any atom is -0.390 e. The quantitative estimate of drug-likeness (QED) is 0.817. The van der Waals surface area contributed by atoms with Gasteiger partial charge in [0.25, 0.3) is 0 Å². The van der Waals surface area contributed by atoms with Crippen molar-refractivity contribution >= 4 is 0 Å². The molecule has 0 saturated heterocycles. The molecule has 0 heterocycles. The molecule has 1 atom stereocenters. The van der Waals surface area contributed by atoms with E-state index in [4.69, 9.17) is 0 Å². The van der Waals surface area contributed by atoms with Crippen LogP contribution in [0.3, 0.4) is 0 Å². The van der Waals surface area contributed by atoms with Crippen LogP contribution in [0, 0.1) is 5.41 Å². The summed E-state index contributed by atoms with van der Waals surface area (Å²) in [6.45, 7) is 10.5. The molecule has 1 aromatic rings. The first-order valence-corrected chi connectivity index (χ1v) is 5.97. The predicted octanol–water partition coefficient (Wildman–Crippen LogP) is 3.98. The Hall–Kier alpha value is -0.820. The fraction of sp³-hybridized carbons (Fsp3) is 0.600. The van der Waals surface area contributed by atoms with Crippen LogP contribution in [0.4, 0.5) is 0 Å². The molecule has 1 rings (SSSR count). The molecule has 0 fully saturated rings. The topological polar surface area (TPSA) is 20.2 Å². The Morgan fingerprint density at radius 2 is 1.50 bits per heavy atom. The summed E-state index contributed by atoms with van der Waals surface area (Å²) in [4.78, 5) is 0. The second-order valence-electron chi connectivity index (χ2n) is 6.35. The van der Waals surface area contributed by atoms with Gasteiger partial charge in [-0.2, -0.15) is 0 Å². The lowest BCUT2D eigenvalue weighted by Crippen LogP contribution is -2.29. The van der Waals surface area contributed by atoms with Gasteiger partial charge < -0.3 is 5.11 Å². The van der Waals surface area contributed by atoms with Crippen LogP contribution in [0.5, 0.6) is 0 Å². The minimum absolute atomic E-state index is 0.168. The second kappa shape index (κ2) is 4.58. The van der Waals surface area contributed by atoms with E-state index in [1.807, 2.05) is 19.9 Å². The zero-order valence-electron chi connectivity index (χ0n) is 11.1. The summed E-state index contributed by atoms with van der Waals surface area (Å²) in [6, 6.07) is 10.5. The van der Waals surface area contributed by atoms with E-state index < -0.39 is 5.60 Å². The fourth-order valence-corrected chi connectivity index (χ4v) is 2.11. The average molecular weight is 220 g/mol. The van der Waals surface area contributed by atoms with Gasteiger partial charge in [0.1, 0.15) is 0 Å². The maximum absolute atomic E-state index is 10.0. The van der Waals surface area contributed by atoms with Crippen molar-refractivity contribution in [3.8, 4) is 0 Å². The fourth-order valence-electron chi connectivity index (χ4n) is 2.11. The van der Waals surface area contributed by atoms with E-state index >= 15 is 0 Å². The molecule has 0 aliphatic carbocycles. The van der Waals surface area contributed by atoms with Gasteiger partial charge in [-0.05, 0) is 37.2 Å². The maximum atomic E-state index is 10.0. The van der Waals surface area contributed by atoms with Crippen molar-refractivity contribution in [1.82, 2.24) is 0 Å². The Morgan fingerprint density at radius 1 is 1.00 bits per heavy atom. The van der Waals surface area contributed by atoms with Gasteiger partial charge in [-0.1, -0.05) is 51.1 Å². The van der Waals surface area contributed by atoms with E-state index in [1.165, 1.54) is 5.56 Å². The number of aliphatic hydroxyl groups is 1. The molecule has 90 valence electrons. The van der Waals surface area contributed by atoms with Gasteiger partial charge in [-0.3, -0.25) is 0 Å². The number of rotatable bonds is 3. The molecule has 1 nitrogen and oxygen atoms in total. The Balaban J connectivity index is 2.98. The molecule has 1 unspecified atom stereocenters. The summed E-state index contributed by atoms with van der Waals surface area (Å²) in [5.74, 6) is 0.383. The van der Waals surface area contributed by atoms with Gasteiger partial charge >= 0.3 is 0 Å². The third-order valence-electron chi connectivity index (χ3n) is 2.95. The monoisotopic (exact) mass is 220 g/mol. The smallest absolute Gasteiger partial charge is 0.0597 e. The molecule has 0 aliphatic heterocycles. The Kier molecular flexibility index (Phi) is 3.80. The third-order valence-corrected chi connectivity index (χ3v) is 2.95. The minimum atomic E-state index is -0.617. The van der Waals surface area contributed by atoms with Crippen LogP contribution >= 0.6 is 0 Å². The molecular formula is C15H24O. The van der Waals surface area contributed by atoms with Crippen LogP contribution in [0.2, 0.25) is 0 Å². The van der Waals surface area contributed by atoms with E-state index in [2.05, 4.69) is 45.0 Å². The molecule has 16 heavy (non-hydrogen) atoms. The zero-order chi connectivity index (χ0) is 12.4. The van der Waals surface area contributed by atoms with Crippen molar-refractivity contribution in [3.63, 3.8) is 0 Å². The Labute approximate surface area is 99.5 Å². The van der Waals surface area contributed by atoms with Gasteiger partial charge in [0, 0.05) is 0 Å². The van der Waals surface area contributed by atoms with E-state index in [9.17, 15) is 5.11 Å². The van der Waals surface area contributed by atoms with Crippen LogP contribution in [0.25, 0.3) is 0 Å². The lowest BCUT2D eigenvalue weighted by Gasteiger charge is -2.35. The van der Waals surface area contributed by atoms with E-state index in [0.717, 1.165) is 6.42 Å². The maximum Gasteiger partial charge on any atom is 0.0597 e. The summed E-state index contributed by atoms with van der Waals surface area (Å²) in [5.41, 5.74) is 0.868. The Morgan fingerprint density at radius 3 is 1.88 bits per heavy atom. The molecule has 0 saturated carbocycles. The zero-order valence-corrected chi connectivity index (χ0v) is 11.1. The molecular weight excluding hydrogens is 196 g/mol. The molecule has 1 heteroatoms. The average Bonchev–Trinajstić information content (AvgIpc) is 2.13. The molecule has 0 radical (unpaired) electrons. The molecule has 0 aromatic heterocycles. The first-order valence-electron chi connectivity index (χ1n) is 5.97. The standard InChI is InChI=1S/C15H24O/c1-14(2,3)13(11-15(4,5)16)12-9-7-6-8-10-12/h6-10,13,16H,11H2,1-5H3. The highest BCUT2D eigenvalue weighted by atomic mass is 16.3. The van der Waals surface area contributed by atoms with Crippen LogP contribution in [-0.4, -0.2) is 10.7 Å². The number of benzene rings is 1. The summed E-state index contributed by atoms with van der Waals surface area (Å²) in [5, 5.41) is 10.0. The highest BCUT2D eigenvalue weighted by Gasteiger charge is 2.30. The van der Waals surface area contributed by atoms with Gasteiger partial charge in [0.05, 0.1) is 5.60 Å². The lowest BCUT2D eigenvalue weighted by atomic mass is 9.72. The normalized spacial score (nSPS) is 14.9. The highest BCUT2D eigenvalue weighted by Crippen LogP contribution is 2.40. The summed E-state index contributed by atoms with van der Waals surface area (Å²) in [6.07, 6.45) is 0.792. The highest BCUT2D eigenvalue weighted by molar-refractivity contribution is 5.22. The van der Waals surface area contributed by atoms with Gasteiger partial charge in [-0.15, -0.1) is 0 Å². The number of hydrogen-bond acceptors (Lipinski definition) is 1. The molecule has 0 amide bonds. The predicted molar refractivity (Wildman–Crippen MR) is 69.6 cm³/mol. The molecule has 0 aliphatic rings. The van der Waals surface area contributed by atoms with E-state index in [-0.39, 0.29) is 5.41 Å². The van der Waals surface area contributed by atoms with Crippen molar-refractivity contribution in [2.24, 2.45) is 5.41 Å². The van der Waals surface area contributed by atoms with E-state index in [1.54, 1.807) is 0 Å². The van der Waals surface area contributed by atoms with Gasteiger partial charge in [-0.25, -0.2) is 0 Å². The van der Waals surface area contributed by atoms with Gasteiger partial charge in [0.2, 0.25) is 0 Å². The SMILES string of the molecule is CC(C)(O)CC(c1ccccc1)C(C)(C)C. The largest absolute Gasteiger partial charge is 0.390 e. The van der Waals surface area contributed by atoms with Crippen molar-refractivity contribution in [2.75, 3.05) is 0 Å². The van der Waals surface area contributed by atoms with Crippen LogP contribution in [0.1, 0.15) is 52.5 Å². The third kappa shape index (κ3) is 3.97. The van der Waals surface area contributed by atoms with Gasteiger partial charge in [0.15, 0.2) is 0 Å². The lowest BCUT2D eigenvalue weighted by molar-refractivity contribution is 0.0478. The Bertz CT molecular complexity index is 314. The second-order valence-corrected chi connectivity index (χ2v) is 6.35. The summed E-state index contributed by atoms with van der Waals surface area (Å²) in [7, 11) is 0. The first-order chi connectivity index (χ1) is 7.20. The van der Waals surface area contributed by atoms with Crippen LogP contribution in [0.15, 0.2) is 30.3 Å². The molecule has 0 spiro atoms. The van der Waals surface area contributed by atoms with Crippen LogP contribution < -0.4 is 0 Å². The van der Waals surface area contributed by atoms with Crippen molar-refractivity contribution in [1.29, 1.82) is 0 Å². The van der Waals surface area contributed by atoms with Crippen molar-refractivity contribution in [3.05, 3.63) is 35.9 Å². The molecule has 1 N–H and O–H groups in total. The number of hydrogen-bond donors (Lipinski definition) is 1. The summed E-state index contributed by atoms with van der Waals surface area (Å²) < 4.78 is 0. The molecule has 1 aromatic carbocycles. The van der Waals surface area contributed by atoms with Crippen molar-refractivity contribution < 1.29 is 5.11 Å². The summed E-state index contributed by atoms with van der Waals surface area (Å²) >= 11 is 0. The van der Waals surface area contributed by atoms with Crippen molar-refractivity contribution in [2.45, 2.75) is 52.6 Å². The van der Waals surface area contributed by atoms with E-state index in [0.29, 0.717) is 5.92 Å². The first kappa shape index (κ1) is 13.2.